The molecule has 2 heterocycles. The third-order valence-corrected chi connectivity index (χ3v) is 6.99. The predicted octanol–water partition coefficient (Wildman–Crippen LogP) is 2.11. The lowest BCUT2D eigenvalue weighted by molar-refractivity contribution is -0.225. The van der Waals surface area contributed by atoms with E-state index in [1.807, 2.05) is 0 Å². The van der Waals surface area contributed by atoms with Gasteiger partial charge in [-0.25, -0.2) is 0 Å². The quantitative estimate of drug-likeness (QED) is 0.770. The number of halogens is 2. The number of nitrogens with zero attached hydrogens (tertiary/aromatic N) is 1. The van der Waals surface area contributed by atoms with E-state index >= 15 is 0 Å². The summed E-state index contributed by atoms with van der Waals surface area (Å²) in [6.07, 6.45) is 7.01. The number of hydrogen-bond donors (Lipinski definition) is 2. The van der Waals surface area contributed by atoms with E-state index in [0.29, 0.717) is 0 Å². The van der Waals surface area contributed by atoms with Gasteiger partial charge in [0.05, 0.1) is 6.10 Å². The molecule has 2 saturated heterocycles. The monoisotopic (exact) mass is 393 g/mol. The van der Waals surface area contributed by atoms with Crippen LogP contribution in [0.3, 0.4) is 0 Å². The number of carbonyl (C=O) groups excluding carboxylic acids is 1. The largest absolute Gasteiger partial charge is 0.377 e. The minimum atomic E-state index is -0.772. The molecule has 3 unspecified atom stereocenters. The van der Waals surface area contributed by atoms with Crippen molar-refractivity contribution >= 4 is 30.7 Å². The van der Waals surface area contributed by atoms with Gasteiger partial charge in [0.25, 0.3) is 0 Å². The van der Waals surface area contributed by atoms with Gasteiger partial charge in [-0.3, -0.25) is 4.79 Å². The van der Waals surface area contributed by atoms with Crippen LogP contribution in [0.15, 0.2) is 0 Å². The lowest BCUT2D eigenvalue weighted by atomic mass is 9.46. The fourth-order valence-electron chi connectivity index (χ4n) is 5.19. The number of fused-ring (bicyclic) bond motifs is 1. The topological polar surface area (TPSA) is 67.6 Å². The third-order valence-electron chi connectivity index (χ3n) is 6.99. The number of nitrogens with two attached hydrogens (primary N) is 1. The van der Waals surface area contributed by atoms with Gasteiger partial charge < -0.3 is 20.7 Å². The Morgan fingerprint density at radius 2 is 1.76 bits per heavy atom. The van der Waals surface area contributed by atoms with E-state index in [0.717, 1.165) is 51.4 Å². The maximum atomic E-state index is 13.0. The number of ether oxygens (including phenoxy) is 1. The maximum Gasteiger partial charge on any atom is 0.241 e. The van der Waals surface area contributed by atoms with E-state index in [9.17, 15) is 4.79 Å². The Labute approximate surface area is 163 Å². The van der Waals surface area contributed by atoms with Crippen LogP contribution in [0.1, 0.15) is 52.4 Å². The number of amides is 1. The highest BCUT2D eigenvalue weighted by Gasteiger charge is 2.70. The Kier molecular flexibility index (Phi) is 6.38. The second kappa shape index (κ2) is 7.51. The number of nitrogens with one attached hydrogen (secondary N) is 1. The number of hydrogen-bond acceptors (Lipinski definition) is 4. The minimum absolute atomic E-state index is 0. The molecule has 7 heteroatoms. The van der Waals surface area contributed by atoms with Crippen molar-refractivity contribution in [3.63, 3.8) is 0 Å². The van der Waals surface area contributed by atoms with Gasteiger partial charge >= 0.3 is 0 Å². The van der Waals surface area contributed by atoms with Crippen molar-refractivity contribution in [3.05, 3.63) is 0 Å². The Morgan fingerprint density at radius 1 is 1.12 bits per heavy atom. The zero-order chi connectivity index (χ0) is 16.2. The van der Waals surface area contributed by atoms with Gasteiger partial charge in [-0.1, -0.05) is 13.8 Å². The smallest absolute Gasteiger partial charge is 0.241 e. The molecule has 146 valence electrons. The van der Waals surface area contributed by atoms with Gasteiger partial charge in [0.1, 0.15) is 5.54 Å². The summed E-state index contributed by atoms with van der Waals surface area (Å²) < 4.78 is 5.91. The minimum Gasteiger partial charge on any atom is -0.377 e. The number of rotatable bonds is 3. The zero-order valence-electron chi connectivity index (χ0n) is 15.3. The highest BCUT2D eigenvalue weighted by molar-refractivity contribution is 5.89. The van der Waals surface area contributed by atoms with Gasteiger partial charge in [-0.05, 0) is 38.5 Å². The van der Waals surface area contributed by atoms with Gasteiger partial charge in [-0.15, -0.1) is 24.8 Å². The summed E-state index contributed by atoms with van der Waals surface area (Å²) in [4.78, 5) is 15.6. The molecular formula is C18H33Cl2N3O2. The molecule has 1 amide bonds. The zero-order valence-corrected chi connectivity index (χ0v) is 17.0. The molecule has 2 saturated carbocycles. The van der Waals surface area contributed by atoms with Crippen molar-refractivity contribution in [2.75, 3.05) is 19.7 Å². The third kappa shape index (κ3) is 3.31. The SMILES string of the molecule is CC1(C)C2OCCCC2C1(N)C(=O)NC1CCN(C2CC2)CC1.Cl.Cl. The predicted molar refractivity (Wildman–Crippen MR) is 103 cm³/mol. The van der Waals surface area contributed by atoms with Crippen LogP contribution in [0, 0.1) is 11.3 Å². The molecule has 0 bridgehead atoms. The summed E-state index contributed by atoms with van der Waals surface area (Å²) in [5.41, 5.74) is 5.63. The summed E-state index contributed by atoms with van der Waals surface area (Å²) in [7, 11) is 0. The van der Waals surface area contributed by atoms with E-state index in [-0.39, 0.29) is 54.2 Å². The van der Waals surface area contributed by atoms with Crippen LogP contribution in [0.4, 0.5) is 0 Å². The molecule has 0 radical (unpaired) electrons. The Bertz CT molecular complexity index is 493. The van der Waals surface area contributed by atoms with Gasteiger partial charge in [0, 0.05) is 43.1 Å². The van der Waals surface area contributed by atoms with Crippen molar-refractivity contribution in [3.8, 4) is 0 Å². The highest BCUT2D eigenvalue weighted by Crippen LogP contribution is 2.57. The van der Waals surface area contributed by atoms with Crippen molar-refractivity contribution in [1.29, 1.82) is 0 Å². The molecule has 3 N–H and O–H groups in total. The van der Waals surface area contributed by atoms with E-state index in [1.165, 1.54) is 12.8 Å². The molecule has 0 aromatic carbocycles. The molecule has 0 aromatic heterocycles. The van der Waals surface area contributed by atoms with Crippen LogP contribution >= 0.6 is 24.8 Å². The first-order valence-electron chi connectivity index (χ1n) is 9.40. The van der Waals surface area contributed by atoms with Crippen molar-refractivity contribution in [1.82, 2.24) is 10.2 Å². The Morgan fingerprint density at radius 3 is 2.36 bits per heavy atom. The molecule has 0 aromatic rings. The van der Waals surface area contributed by atoms with Gasteiger partial charge in [0.2, 0.25) is 5.91 Å². The van der Waals surface area contributed by atoms with E-state index in [4.69, 9.17) is 10.5 Å². The van der Waals surface area contributed by atoms with Crippen LogP contribution in [0.5, 0.6) is 0 Å². The lowest BCUT2D eigenvalue weighted by Crippen LogP contribution is -2.82. The van der Waals surface area contributed by atoms with E-state index in [2.05, 4.69) is 24.1 Å². The standard InChI is InChI=1S/C18H31N3O2.2ClH/c1-17(2)15-14(4-3-11-23-15)18(17,19)16(22)20-12-7-9-21(10-8-12)13-5-6-13;;/h12-15H,3-11,19H2,1-2H3,(H,20,22);2*1H. The van der Waals surface area contributed by atoms with Gasteiger partial charge in [0.15, 0.2) is 0 Å². The molecule has 4 aliphatic rings. The van der Waals surface area contributed by atoms with Crippen LogP contribution in [0.25, 0.3) is 0 Å². The van der Waals surface area contributed by atoms with Crippen LogP contribution in [-0.2, 0) is 9.53 Å². The first-order chi connectivity index (χ1) is 10.9. The molecule has 5 nitrogen and oxygen atoms in total. The first-order valence-corrected chi connectivity index (χ1v) is 9.40. The molecule has 4 fully saturated rings. The summed E-state index contributed by atoms with van der Waals surface area (Å²) in [5, 5.41) is 3.28. The number of likely N-dealkylation sites (tertiary alicyclic amines) is 1. The highest BCUT2D eigenvalue weighted by atomic mass is 35.5. The molecule has 4 rings (SSSR count). The van der Waals surface area contributed by atoms with Crippen molar-refractivity contribution < 1.29 is 9.53 Å². The van der Waals surface area contributed by atoms with E-state index < -0.39 is 5.54 Å². The summed E-state index contributed by atoms with van der Waals surface area (Å²) in [6, 6.07) is 1.12. The normalized spacial score (nSPS) is 37.7. The Balaban J connectivity index is 0.00000113. The lowest BCUT2D eigenvalue weighted by Gasteiger charge is -2.65. The maximum absolute atomic E-state index is 13.0. The second-order valence-electron chi connectivity index (χ2n) is 8.65. The van der Waals surface area contributed by atoms with E-state index in [1.54, 1.807) is 0 Å². The van der Waals surface area contributed by atoms with Crippen LogP contribution in [-0.4, -0.2) is 54.2 Å². The number of piperidine rings is 1. The summed E-state index contributed by atoms with van der Waals surface area (Å²) in [5.74, 6) is 0.233. The molecule has 2 aliphatic carbocycles. The molecule has 2 aliphatic heterocycles. The van der Waals surface area contributed by atoms with Crippen molar-refractivity contribution in [2.24, 2.45) is 17.1 Å². The average Bonchev–Trinajstić information content (AvgIpc) is 3.39. The average molecular weight is 394 g/mol. The fraction of sp³-hybridized carbons (Fsp3) is 0.944. The molecule has 25 heavy (non-hydrogen) atoms. The van der Waals surface area contributed by atoms with Crippen LogP contribution in [0.2, 0.25) is 0 Å². The molecule has 3 atom stereocenters. The summed E-state index contributed by atoms with van der Waals surface area (Å²) >= 11 is 0. The first kappa shape index (κ1) is 21.2. The second-order valence-corrected chi connectivity index (χ2v) is 8.65. The van der Waals surface area contributed by atoms with Crippen molar-refractivity contribution in [2.45, 2.75) is 76.1 Å². The number of carbonyl (C=O) groups is 1. The molecule has 0 spiro atoms. The van der Waals surface area contributed by atoms with Crippen LogP contribution < -0.4 is 11.1 Å². The fourth-order valence-corrected chi connectivity index (χ4v) is 5.19. The Hall–Kier alpha value is -0.0700. The van der Waals surface area contributed by atoms with Gasteiger partial charge in [-0.2, -0.15) is 0 Å². The summed E-state index contributed by atoms with van der Waals surface area (Å²) in [6.45, 7) is 7.23. The molecular weight excluding hydrogens is 361 g/mol.